The molecule has 1 aromatic carbocycles. The lowest BCUT2D eigenvalue weighted by Crippen LogP contribution is -2.27. The zero-order valence-corrected chi connectivity index (χ0v) is 13.0. The zero-order valence-electron chi connectivity index (χ0n) is 13.0. The monoisotopic (exact) mass is 294 g/mol. The second-order valence-corrected chi connectivity index (χ2v) is 6.59. The van der Waals surface area contributed by atoms with Crippen LogP contribution in [0.25, 0.3) is 0 Å². The van der Waals surface area contributed by atoms with Crippen LogP contribution in [0.3, 0.4) is 0 Å². The Morgan fingerprint density at radius 1 is 1.38 bits per heavy atom. The van der Waals surface area contributed by atoms with Gasteiger partial charge in [0.05, 0.1) is 5.69 Å². The predicted octanol–water partition coefficient (Wildman–Crippen LogP) is 4.38. The third-order valence-electron chi connectivity index (χ3n) is 3.32. The third-order valence-corrected chi connectivity index (χ3v) is 3.32. The molecule has 0 aromatic heterocycles. The molecule has 0 heterocycles. The lowest BCUT2D eigenvalue weighted by molar-refractivity contribution is 0.0636. The van der Waals surface area contributed by atoms with Crippen LogP contribution in [0.4, 0.5) is 20.6 Å². The fraction of sp³-hybridized carbons (Fsp3) is 0.562. The molecule has 0 saturated heterocycles. The average Bonchev–Trinajstić information content (AvgIpc) is 3.14. The van der Waals surface area contributed by atoms with Crippen molar-refractivity contribution in [3.8, 4) is 0 Å². The smallest absolute Gasteiger partial charge is 0.412 e. The lowest BCUT2D eigenvalue weighted by atomic mass is 10.2. The lowest BCUT2D eigenvalue weighted by Gasteiger charge is -2.20. The first-order valence-corrected chi connectivity index (χ1v) is 7.31. The fourth-order valence-corrected chi connectivity index (χ4v) is 2.09. The molecular formula is C16H23FN2O2. The molecule has 1 unspecified atom stereocenters. The van der Waals surface area contributed by atoms with Gasteiger partial charge >= 0.3 is 6.09 Å². The number of hydrogen-bond donors (Lipinski definition) is 2. The van der Waals surface area contributed by atoms with E-state index in [2.05, 4.69) is 10.6 Å². The summed E-state index contributed by atoms with van der Waals surface area (Å²) in [7, 11) is 0. The highest BCUT2D eigenvalue weighted by Crippen LogP contribution is 2.34. The standard InChI is InChI=1S/C16H23FN2O2/c1-10(11-5-6-11)18-14-9-12(7-8-13(14)17)19-15(20)21-16(2,3)4/h7-11,18H,5-6H2,1-4H3,(H,19,20). The van der Waals surface area contributed by atoms with Crippen LogP contribution in [0.15, 0.2) is 18.2 Å². The van der Waals surface area contributed by atoms with E-state index in [4.69, 9.17) is 4.74 Å². The van der Waals surface area contributed by atoms with Crippen LogP contribution in [-0.2, 0) is 4.74 Å². The molecule has 1 fully saturated rings. The van der Waals surface area contributed by atoms with Crippen molar-refractivity contribution < 1.29 is 13.9 Å². The number of ether oxygens (including phenoxy) is 1. The van der Waals surface area contributed by atoms with Gasteiger partial charge in [-0.1, -0.05) is 0 Å². The van der Waals surface area contributed by atoms with Gasteiger partial charge in [0, 0.05) is 11.7 Å². The quantitative estimate of drug-likeness (QED) is 0.866. The number of halogens is 1. The van der Waals surface area contributed by atoms with Crippen molar-refractivity contribution >= 4 is 17.5 Å². The minimum atomic E-state index is -0.564. The van der Waals surface area contributed by atoms with Crippen LogP contribution in [0.5, 0.6) is 0 Å². The van der Waals surface area contributed by atoms with Crippen LogP contribution in [0, 0.1) is 11.7 Å². The molecule has 2 N–H and O–H groups in total. The summed E-state index contributed by atoms with van der Waals surface area (Å²) in [4.78, 5) is 11.7. The van der Waals surface area contributed by atoms with Crippen molar-refractivity contribution in [2.45, 2.75) is 52.2 Å². The van der Waals surface area contributed by atoms with Crippen molar-refractivity contribution in [2.24, 2.45) is 5.92 Å². The van der Waals surface area contributed by atoms with Crippen LogP contribution in [0.2, 0.25) is 0 Å². The topological polar surface area (TPSA) is 50.4 Å². The maximum atomic E-state index is 13.8. The number of benzene rings is 1. The molecule has 1 aromatic rings. The molecular weight excluding hydrogens is 271 g/mol. The zero-order chi connectivity index (χ0) is 15.6. The predicted molar refractivity (Wildman–Crippen MR) is 82.1 cm³/mol. The van der Waals surface area contributed by atoms with E-state index in [9.17, 15) is 9.18 Å². The van der Waals surface area contributed by atoms with E-state index < -0.39 is 11.7 Å². The highest BCUT2D eigenvalue weighted by molar-refractivity contribution is 5.85. The molecule has 1 amide bonds. The molecule has 0 bridgehead atoms. The van der Waals surface area contributed by atoms with E-state index in [1.165, 1.54) is 25.0 Å². The number of anilines is 2. The van der Waals surface area contributed by atoms with Gasteiger partial charge in [-0.05, 0) is 64.7 Å². The van der Waals surface area contributed by atoms with Gasteiger partial charge in [0.2, 0.25) is 0 Å². The maximum absolute atomic E-state index is 13.8. The molecule has 1 aliphatic carbocycles. The Balaban J connectivity index is 2.02. The normalized spacial score (nSPS) is 16.2. The summed E-state index contributed by atoms with van der Waals surface area (Å²) in [5.41, 5.74) is 0.352. The van der Waals surface area contributed by atoms with Crippen molar-refractivity contribution in [1.29, 1.82) is 0 Å². The molecule has 1 aliphatic rings. The summed E-state index contributed by atoms with van der Waals surface area (Å²) in [5.74, 6) is 0.295. The van der Waals surface area contributed by atoms with Crippen molar-refractivity contribution in [1.82, 2.24) is 0 Å². The number of rotatable bonds is 4. The number of nitrogens with one attached hydrogen (secondary N) is 2. The minimum absolute atomic E-state index is 0.233. The Morgan fingerprint density at radius 2 is 2.05 bits per heavy atom. The van der Waals surface area contributed by atoms with Gasteiger partial charge in [-0.2, -0.15) is 0 Å². The largest absolute Gasteiger partial charge is 0.444 e. The first kappa shape index (κ1) is 15.6. The van der Waals surface area contributed by atoms with Gasteiger partial charge in [-0.15, -0.1) is 0 Å². The van der Waals surface area contributed by atoms with E-state index in [1.807, 2.05) is 6.92 Å². The van der Waals surface area contributed by atoms with Gasteiger partial charge in [-0.3, -0.25) is 5.32 Å². The van der Waals surface area contributed by atoms with Gasteiger partial charge in [0.25, 0.3) is 0 Å². The Bertz CT molecular complexity index is 521. The van der Waals surface area contributed by atoms with E-state index >= 15 is 0 Å². The van der Waals surface area contributed by atoms with E-state index in [0.717, 1.165) is 0 Å². The first-order chi connectivity index (χ1) is 9.74. The number of carbonyl (C=O) groups is 1. The molecule has 0 aliphatic heterocycles. The van der Waals surface area contributed by atoms with E-state index in [1.54, 1.807) is 26.8 Å². The van der Waals surface area contributed by atoms with Crippen molar-refractivity contribution in [3.63, 3.8) is 0 Å². The fourth-order valence-electron chi connectivity index (χ4n) is 2.09. The molecule has 1 saturated carbocycles. The molecule has 21 heavy (non-hydrogen) atoms. The third kappa shape index (κ3) is 4.92. The summed E-state index contributed by atoms with van der Waals surface area (Å²) in [6, 6.07) is 4.69. The van der Waals surface area contributed by atoms with Gasteiger partial charge in [0.1, 0.15) is 11.4 Å². The second kappa shape index (κ2) is 5.92. The Kier molecular flexibility index (Phi) is 4.40. The summed E-state index contributed by atoms with van der Waals surface area (Å²) in [5, 5.41) is 5.78. The van der Waals surface area contributed by atoms with Crippen molar-refractivity contribution in [3.05, 3.63) is 24.0 Å². The van der Waals surface area contributed by atoms with Crippen LogP contribution in [-0.4, -0.2) is 17.7 Å². The molecule has 2 rings (SSSR count). The molecule has 116 valence electrons. The SMILES string of the molecule is CC(Nc1cc(NC(=O)OC(C)(C)C)ccc1F)C1CC1. The van der Waals surface area contributed by atoms with Crippen LogP contribution in [0.1, 0.15) is 40.5 Å². The minimum Gasteiger partial charge on any atom is -0.444 e. The Morgan fingerprint density at radius 3 is 2.62 bits per heavy atom. The van der Waals surface area contributed by atoms with Gasteiger partial charge in [0.15, 0.2) is 0 Å². The molecule has 5 heteroatoms. The summed E-state index contributed by atoms with van der Waals surface area (Å²) in [6.45, 7) is 7.43. The molecule has 1 atom stereocenters. The highest BCUT2D eigenvalue weighted by atomic mass is 19.1. The molecule has 0 radical (unpaired) electrons. The number of carbonyl (C=O) groups excluding carboxylic acids is 1. The second-order valence-electron chi connectivity index (χ2n) is 6.59. The maximum Gasteiger partial charge on any atom is 0.412 e. The Hall–Kier alpha value is -1.78. The summed E-state index contributed by atoms with van der Waals surface area (Å²) < 4.78 is 19.0. The number of amides is 1. The van der Waals surface area contributed by atoms with E-state index in [-0.39, 0.29) is 11.9 Å². The molecule has 0 spiro atoms. The average molecular weight is 294 g/mol. The van der Waals surface area contributed by atoms with Gasteiger partial charge < -0.3 is 10.1 Å². The summed E-state index contributed by atoms with van der Waals surface area (Å²) >= 11 is 0. The van der Waals surface area contributed by atoms with Crippen LogP contribution >= 0.6 is 0 Å². The van der Waals surface area contributed by atoms with E-state index in [0.29, 0.717) is 17.3 Å². The Labute approximate surface area is 125 Å². The van der Waals surface area contributed by atoms with Crippen molar-refractivity contribution in [2.75, 3.05) is 10.6 Å². The van der Waals surface area contributed by atoms with Gasteiger partial charge in [-0.25, -0.2) is 9.18 Å². The molecule has 4 nitrogen and oxygen atoms in total. The first-order valence-electron chi connectivity index (χ1n) is 7.31. The van der Waals surface area contributed by atoms with Crippen LogP contribution < -0.4 is 10.6 Å². The summed E-state index contributed by atoms with van der Waals surface area (Å²) in [6.07, 6.45) is 1.83. The number of hydrogen-bond acceptors (Lipinski definition) is 3. The highest BCUT2D eigenvalue weighted by Gasteiger charge is 2.28.